The summed E-state index contributed by atoms with van der Waals surface area (Å²) in [6, 6.07) is 12.0. The second-order valence-corrected chi connectivity index (χ2v) is 5.95. The number of carbonyl (C=O) groups excluding carboxylic acids is 1. The molecule has 0 radical (unpaired) electrons. The van der Waals surface area contributed by atoms with Crippen LogP contribution in [0, 0.1) is 6.92 Å². The lowest BCUT2D eigenvalue weighted by Crippen LogP contribution is -2.15. The van der Waals surface area contributed by atoms with Crippen molar-refractivity contribution in [2.45, 2.75) is 33.6 Å². The zero-order chi connectivity index (χ0) is 15.4. The monoisotopic (exact) mass is 345 g/mol. The van der Waals surface area contributed by atoms with Crippen LogP contribution in [0.25, 0.3) is 0 Å². The SMILES string of the molecule is CCc1cccc(CC)c1NC(=O)c1cc(C)ccc1Br. The quantitative estimate of drug-likeness (QED) is 0.816. The number of amides is 1. The van der Waals surface area contributed by atoms with Crippen molar-refractivity contribution >= 4 is 27.5 Å². The maximum Gasteiger partial charge on any atom is 0.256 e. The normalized spacial score (nSPS) is 10.5. The van der Waals surface area contributed by atoms with Gasteiger partial charge in [0.05, 0.1) is 5.56 Å². The molecule has 2 aromatic carbocycles. The van der Waals surface area contributed by atoms with Crippen LogP contribution in [-0.4, -0.2) is 5.91 Å². The van der Waals surface area contributed by atoms with Gasteiger partial charge in [-0.3, -0.25) is 4.79 Å². The minimum absolute atomic E-state index is 0.0684. The van der Waals surface area contributed by atoms with Crippen LogP contribution in [0.1, 0.15) is 40.9 Å². The van der Waals surface area contributed by atoms with Crippen LogP contribution in [0.4, 0.5) is 5.69 Å². The highest BCUT2D eigenvalue weighted by Gasteiger charge is 2.14. The van der Waals surface area contributed by atoms with Crippen LogP contribution in [-0.2, 0) is 12.8 Å². The van der Waals surface area contributed by atoms with Crippen LogP contribution in [0.3, 0.4) is 0 Å². The summed E-state index contributed by atoms with van der Waals surface area (Å²) < 4.78 is 0.817. The van der Waals surface area contributed by atoms with Crippen LogP contribution in [0.15, 0.2) is 40.9 Å². The Balaban J connectivity index is 2.38. The predicted molar refractivity (Wildman–Crippen MR) is 92.0 cm³/mol. The molecule has 110 valence electrons. The number of halogens is 1. The number of aryl methyl sites for hydroxylation is 3. The summed E-state index contributed by atoms with van der Waals surface area (Å²) in [6.45, 7) is 6.20. The molecule has 0 aliphatic heterocycles. The van der Waals surface area contributed by atoms with E-state index in [1.807, 2.05) is 25.1 Å². The molecule has 0 saturated carbocycles. The van der Waals surface area contributed by atoms with E-state index in [2.05, 4.69) is 53.3 Å². The largest absolute Gasteiger partial charge is 0.321 e. The van der Waals surface area contributed by atoms with Crippen molar-refractivity contribution in [3.05, 3.63) is 63.1 Å². The number of para-hydroxylation sites is 1. The predicted octanol–water partition coefficient (Wildman–Crippen LogP) is 5.13. The summed E-state index contributed by atoms with van der Waals surface area (Å²) in [5.74, 6) is -0.0684. The third kappa shape index (κ3) is 3.53. The maximum atomic E-state index is 12.6. The van der Waals surface area contributed by atoms with Crippen molar-refractivity contribution in [1.29, 1.82) is 0 Å². The average Bonchev–Trinajstić information content (AvgIpc) is 2.49. The van der Waals surface area contributed by atoms with Gasteiger partial charge in [-0.05, 0) is 59.0 Å². The van der Waals surface area contributed by atoms with E-state index in [4.69, 9.17) is 0 Å². The third-order valence-corrected chi connectivity index (χ3v) is 4.30. The number of rotatable bonds is 4. The zero-order valence-corrected chi connectivity index (χ0v) is 14.3. The van der Waals surface area contributed by atoms with Crippen LogP contribution in [0.5, 0.6) is 0 Å². The van der Waals surface area contributed by atoms with Gasteiger partial charge in [0.1, 0.15) is 0 Å². The first-order chi connectivity index (χ1) is 10.1. The van der Waals surface area contributed by atoms with Gasteiger partial charge >= 0.3 is 0 Å². The highest BCUT2D eigenvalue weighted by atomic mass is 79.9. The lowest BCUT2D eigenvalue weighted by atomic mass is 10.0. The Hall–Kier alpha value is -1.61. The summed E-state index contributed by atoms with van der Waals surface area (Å²) in [5, 5.41) is 3.10. The summed E-state index contributed by atoms with van der Waals surface area (Å²) in [5.41, 5.74) is 5.05. The van der Waals surface area contributed by atoms with E-state index in [1.165, 1.54) is 11.1 Å². The molecule has 0 heterocycles. The summed E-state index contributed by atoms with van der Waals surface area (Å²) in [7, 11) is 0. The number of hydrogen-bond donors (Lipinski definition) is 1. The first-order valence-corrected chi connectivity index (χ1v) is 8.04. The first-order valence-electron chi connectivity index (χ1n) is 7.25. The number of hydrogen-bond acceptors (Lipinski definition) is 1. The van der Waals surface area contributed by atoms with Crippen molar-refractivity contribution in [3.63, 3.8) is 0 Å². The lowest BCUT2D eigenvalue weighted by Gasteiger charge is -2.15. The van der Waals surface area contributed by atoms with E-state index in [1.54, 1.807) is 0 Å². The van der Waals surface area contributed by atoms with Gasteiger partial charge in [0.2, 0.25) is 0 Å². The van der Waals surface area contributed by atoms with E-state index in [0.717, 1.165) is 28.6 Å². The van der Waals surface area contributed by atoms with Crippen molar-refractivity contribution in [2.24, 2.45) is 0 Å². The Kier molecular flexibility index (Phi) is 5.18. The van der Waals surface area contributed by atoms with Gasteiger partial charge in [-0.25, -0.2) is 0 Å². The second kappa shape index (κ2) is 6.90. The molecule has 1 N–H and O–H groups in total. The summed E-state index contributed by atoms with van der Waals surface area (Å²) >= 11 is 3.45. The smallest absolute Gasteiger partial charge is 0.256 e. The molecule has 0 fully saturated rings. The Morgan fingerprint density at radius 3 is 2.29 bits per heavy atom. The van der Waals surface area contributed by atoms with Crippen LogP contribution < -0.4 is 5.32 Å². The Labute approximate surface area is 134 Å². The minimum Gasteiger partial charge on any atom is -0.321 e. The molecular formula is C18H20BrNO. The van der Waals surface area contributed by atoms with Crippen LogP contribution >= 0.6 is 15.9 Å². The number of anilines is 1. The van der Waals surface area contributed by atoms with Crippen molar-refractivity contribution in [3.8, 4) is 0 Å². The van der Waals surface area contributed by atoms with E-state index < -0.39 is 0 Å². The lowest BCUT2D eigenvalue weighted by molar-refractivity contribution is 0.102. The molecule has 0 bridgehead atoms. The molecule has 0 spiro atoms. The molecule has 0 saturated heterocycles. The molecule has 3 heteroatoms. The zero-order valence-electron chi connectivity index (χ0n) is 12.7. The number of benzene rings is 2. The van der Waals surface area contributed by atoms with Crippen molar-refractivity contribution < 1.29 is 4.79 Å². The maximum absolute atomic E-state index is 12.6. The summed E-state index contributed by atoms with van der Waals surface area (Å²) in [4.78, 5) is 12.6. The molecule has 0 aliphatic rings. The fraction of sp³-hybridized carbons (Fsp3) is 0.278. The Morgan fingerprint density at radius 1 is 1.10 bits per heavy atom. The van der Waals surface area contributed by atoms with E-state index in [9.17, 15) is 4.79 Å². The highest BCUT2D eigenvalue weighted by molar-refractivity contribution is 9.10. The van der Waals surface area contributed by atoms with Gasteiger partial charge in [-0.1, -0.05) is 43.7 Å². The molecular weight excluding hydrogens is 326 g/mol. The van der Waals surface area contributed by atoms with Crippen LogP contribution in [0.2, 0.25) is 0 Å². The van der Waals surface area contributed by atoms with Crippen molar-refractivity contribution in [2.75, 3.05) is 5.32 Å². The fourth-order valence-corrected chi connectivity index (χ4v) is 2.82. The average molecular weight is 346 g/mol. The molecule has 2 nitrogen and oxygen atoms in total. The van der Waals surface area contributed by atoms with E-state index in [0.29, 0.717) is 5.56 Å². The molecule has 2 rings (SSSR count). The standard InChI is InChI=1S/C18H20BrNO/c1-4-13-7-6-8-14(5-2)17(13)20-18(21)15-11-12(3)9-10-16(15)19/h6-11H,4-5H2,1-3H3,(H,20,21). The highest BCUT2D eigenvalue weighted by Crippen LogP contribution is 2.25. The van der Waals surface area contributed by atoms with Gasteiger partial charge in [0, 0.05) is 10.2 Å². The van der Waals surface area contributed by atoms with E-state index >= 15 is 0 Å². The van der Waals surface area contributed by atoms with Gasteiger partial charge in [0.15, 0.2) is 0 Å². The number of nitrogens with one attached hydrogen (secondary N) is 1. The van der Waals surface area contributed by atoms with Crippen molar-refractivity contribution in [1.82, 2.24) is 0 Å². The summed E-state index contributed by atoms with van der Waals surface area (Å²) in [6.07, 6.45) is 1.80. The molecule has 2 aromatic rings. The van der Waals surface area contributed by atoms with Gasteiger partial charge in [0.25, 0.3) is 5.91 Å². The Bertz CT molecular complexity index is 642. The molecule has 0 atom stereocenters. The molecule has 0 aromatic heterocycles. The molecule has 21 heavy (non-hydrogen) atoms. The van der Waals surface area contributed by atoms with Gasteiger partial charge < -0.3 is 5.32 Å². The first kappa shape index (κ1) is 15.8. The third-order valence-electron chi connectivity index (χ3n) is 3.60. The molecule has 1 amide bonds. The fourth-order valence-electron chi connectivity index (χ4n) is 2.40. The number of carbonyl (C=O) groups is 1. The Morgan fingerprint density at radius 2 is 1.71 bits per heavy atom. The molecule has 0 unspecified atom stereocenters. The molecule has 0 aliphatic carbocycles. The van der Waals surface area contributed by atoms with E-state index in [-0.39, 0.29) is 5.91 Å². The topological polar surface area (TPSA) is 29.1 Å². The second-order valence-electron chi connectivity index (χ2n) is 5.10. The van der Waals surface area contributed by atoms with Gasteiger partial charge in [-0.2, -0.15) is 0 Å². The minimum atomic E-state index is -0.0684. The van der Waals surface area contributed by atoms with Gasteiger partial charge in [-0.15, -0.1) is 0 Å².